The Morgan fingerprint density at radius 1 is 1.18 bits per heavy atom. The first-order valence-electron chi connectivity index (χ1n) is 7.06. The first kappa shape index (κ1) is 16.4. The minimum absolute atomic E-state index is 0.249. The number of nitrogens with zero attached hydrogens (tertiary/aromatic N) is 2. The quantitative estimate of drug-likeness (QED) is 0.764. The van der Waals surface area contributed by atoms with Crippen molar-refractivity contribution in [3.05, 3.63) is 62.4 Å². The van der Waals surface area contributed by atoms with Crippen LogP contribution in [0.3, 0.4) is 0 Å². The summed E-state index contributed by atoms with van der Waals surface area (Å²) in [6, 6.07) is 7.48. The van der Waals surface area contributed by atoms with Crippen LogP contribution in [0, 0.1) is 6.92 Å². The van der Waals surface area contributed by atoms with Crippen LogP contribution in [-0.2, 0) is 13.1 Å². The second-order valence-electron chi connectivity index (χ2n) is 5.07. The Kier molecular flexibility index (Phi) is 5.44. The van der Waals surface area contributed by atoms with E-state index in [4.69, 9.17) is 16.3 Å². The Morgan fingerprint density at radius 2 is 1.86 bits per heavy atom. The summed E-state index contributed by atoms with van der Waals surface area (Å²) in [5.74, 6) is 1.18. The van der Waals surface area contributed by atoms with Crippen LogP contribution in [0.2, 0.25) is 0 Å². The monoisotopic (exact) mass is 322 g/mol. The van der Waals surface area contributed by atoms with Gasteiger partial charge in [-0.05, 0) is 31.0 Å². The number of ether oxygens (including phenoxy) is 1. The molecule has 0 saturated carbocycles. The Balaban J connectivity index is 2.36. The molecule has 0 aliphatic rings. The van der Waals surface area contributed by atoms with E-state index in [2.05, 4.69) is 0 Å². The molecule has 0 aliphatic carbocycles. The minimum atomic E-state index is -0.309. The van der Waals surface area contributed by atoms with Crippen LogP contribution < -0.4 is 16.0 Å². The van der Waals surface area contributed by atoms with Gasteiger partial charge in [-0.1, -0.05) is 12.1 Å². The summed E-state index contributed by atoms with van der Waals surface area (Å²) in [4.78, 5) is 24.5. The highest BCUT2D eigenvalue weighted by Gasteiger charge is 2.09. The smallest absolute Gasteiger partial charge is 0.331 e. The molecule has 0 bridgehead atoms. The van der Waals surface area contributed by atoms with Crippen molar-refractivity contribution in [1.82, 2.24) is 9.13 Å². The maximum atomic E-state index is 12.4. The molecule has 0 radical (unpaired) electrons. The topological polar surface area (TPSA) is 53.2 Å². The van der Waals surface area contributed by atoms with E-state index in [1.165, 1.54) is 4.57 Å². The lowest BCUT2D eigenvalue weighted by atomic mass is 10.2. The van der Waals surface area contributed by atoms with E-state index >= 15 is 0 Å². The molecule has 0 aliphatic heterocycles. The van der Waals surface area contributed by atoms with Gasteiger partial charge in [-0.25, -0.2) is 4.79 Å². The molecule has 1 aromatic carbocycles. The van der Waals surface area contributed by atoms with Crippen LogP contribution in [-0.4, -0.2) is 22.1 Å². The molecular weight excluding hydrogens is 304 g/mol. The molecule has 0 saturated heterocycles. The number of alkyl halides is 1. The standard InChI is InChI=1S/C16H19ClN2O3/c1-12-10-18(11-13-4-6-14(22-2)7-5-13)16(21)19(15(12)20)9-3-8-17/h4-7,10H,3,8-9,11H2,1-2H3. The molecule has 2 aromatic rings. The first-order chi connectivity index (χ1) is 10.6. The van der Waals surface area contributed by atoms with Gasteiger partial charge in [0.05, 0.1) is 13.7 Å². The molecule has 1 heterocycles. The lowest BCUT2D eigenvalue weighted by molar-refractivity contribution is 0.414. The molecule has 22 heavy (non-hydrogen) atoms. The highest BCUT2D eigenvalue weighted by Crippen LogP contribution is 2.11. The van der Waals surface area contributed by atoms with Crippen molar-refractivity contribution in [2.45, 2.75) is 26.4 Å². The summed E-state index contributed by atoms with van der Waals surface area (Å²) >= 11 is 5.66. The Bertz CT molecular complexity index is 747. The Morgan fingerprint density at radius 3 is 2.45 bits per heavy atom. The first-order valence-corrected chi connectivity index (χ1v) is 7.60. The number of halogens is 1. The van der Waals surface area contributed by atoms with Crippen LogP contribution in [0.15, 0.2) is 40.1 Å². The van der Waals surface area contributed by atoms with Gasteiger partial charge in [0.2, 0.25) is 0 Å². The molecular formula is C16H19ClN2O3. The normalized spacial score (nSPS) is 10.7. The Labute approximate surface area is 133 Å². The van der Waals surface area contributed by atoms with E-state index in [0.29, 0.717) is 31.0 Å². The largest absolute Gasteiger partial charge is 0.497 e. The molecule has 0 N–H and O–H groups in total. The molecule has 118 valence electrons. The summed E-state index contributed by atoms with van der Waals surface area (Å²) in [5.41, 5.74) is 0.949. The van der Waals surface area contributed by atoms with Crippen molar-refractivity contribution in [3.8, 4) is 5.75 Å². The van der Waals surface area contributed by atoms with Crippen LogP contribution >= 0.6 is 11.6 Å². The number of aryl methyl sites for hydroxylation is 1. The zero-order valence-electron chi connectivity index (χ0n) is 12.7. The zero-order valence-corrected chi connectivity index (χ0v) is 13.5. The average molecular weight is 323 g/mol. The fraction of sp³-hybridized carbons (Fsp3) is 0.375. The van der Waals surface area contributed by atoms with E-state index in [-0.39, 0.29) is 11.2 Å². The molecule has 6 heteroatoms. The van der Waals surface area contributed by atoms with Gasteiger partial charge in [-0.3, -0.25) is 13.9 Å². The summed E-state index contributed by atoms with van der Waals surface area (Å²) in [6.45, 7) is 2.46. The van der Waals surface area contributed by atoms with Gasteiger partial charge >= 0.3 is 5.69 Å². The van der Waals surface area contributed by atoms with Crippen LogP contribution in [0.1, 0.15) is 17.5 Å². The maximum absolute atomic E-state index is 12.4. The van der Waals surface area contributed by atoms with E-state index < -0.39 is 0 Å². The van der Waals surface area contributed by atoms with Crippen molar-refractivity contribution >= 4 is 11.6 Å². The second-order valence-corrected chi connectivity index (χ2v) is 5.45. The lowest BCUT2D eigenvalue weighted by Crippen LogP contribution is -2.41. The number of hydrogen-bond acceptors (Lipinski definition) is 3. The van der Waals surface area contributed by atoms with Gasteiger partial charge in [0, 0.05) is 24.2 Å². The van der Waals surface area contributed by atoms with E-state index in [1.54, 1.807) is 24.8 Å². The summed E-state index contributed by atoms with van der Waals surface area (Å²) in [7, 11) is 1.61. The number of hydrogen-bond donors (Lipinski definition) is 0. The highest BCUT2D eigenvalue weighted by atomic mass is 35.5. The molecule has 0 spiro atoms. The van der Waals surface area contributed by atoms with E-state index in [9.17, 15) is 9.59 Å². The summed E-state index contributed by atoms with van der Waals surface area (Å²) in [6.07, 6.45) is 2.19. The fourth-order valence-corrected chi connectivity index (χ4v) is 2.37. The molecule has 0 amide bonds. The van der Waals surface area contributed by atoms with Crippen molar-refractivity contribution in [1.29, 1.82) is 0 Å². The number of benzene rings is 1. The molecule has 1 aromatic heterocycles. The van der Waals surface area contributed by atoms with Crippen molar-refractivity contribution in [2.75, 3.05) is 13.0 Å². The van der Waals surface area contributed by atoms with Gasteiger partial charge in [0.15, 0.2) is 0 Å². The highest BCUT2D eigenvalue weighted by molar-refractivity contribution is 6.17. The predicted molar refractivity (Wildman–Crippen MR) is 87.1 cm³/mol. The SMILES string of the molecule is COc1ccc(Cn2cc(C)c(=O)n(CCCCl)c2=O)cc1. The molecule has 0 atom stereocenters. The van der Waals surface area contributed by atoms with E-state index in [0.717, 1.165) is 11.3 Å². The van der Waals surface area contributed by atoms with Gasteiger partial charge < -0.3 is 4.74 Å². The molecule has 0 fully saturated rings. The number of aromatic nitrogens is 2. The third-order valence-corrected chi connectivity index (χ3v) is 3.70. The second kappa shape index (κ2) is 7.31. The van der Waals surface area contributed by atoms with Crippen LogP contribution in [0.4, 0.5) is 0 Å². The van der Waals surface area contributed by atoms with Gasteiger partial charge in [-0.2, -0.15) is 0 Å². The van der Waals surface area contributed by atoms with Crippen molar-refractivity contribution in [3.63, 3.8) is 0 Å². The minimum Gasteiger partial charge on any atom is -0.497 e. The average Bonchev–Trinajstić information content (AvgIpc) is 2.53. The molecule has 0 unspecified atom stereocenters. The van der Waals surface area contributed by atoms with E-state index in [1.807, 2.05) is 24.3 Å². The maximum Gasteiger partial charge on any atom is 0.331 e. The summed E-state index contributed by atoms with van der Waals surface area (Å²) < 4.78 is 7.91. The number of rotatable bonds is 6. The third kappa shape index (κ3) is 3.60. The van der Waals surface area contributed by atoms with Gasteiger partial charge in [0.1, 0.15) is 5.75 Å². The van der Waals surface area contributed by atoms with Crippen LogP contribution in [0.25, 0.3) is 0 Å². The van der Waals surface area contributed by atoms with Gasteiger partial charge in [-0.15, -0.1) is 11.6 Å². The molecule has 2 rings (SSSR count). The fourth-order valence-electron chi connectivity index (χ4n) is 2.25. The third-order valence-electron chi connectivity index (χ3n) is 3.44. The lowest BCUT2D eigenvalue weighted by Gasteiger charge is -2.11. The number of methoxy groups -OCH3 is 1. The Hall–Kier alpha value is -2.01. The molecule has 5 nitrogen and oxygen atoms in total. The predicted octanol–water partition coefficient (Wildman–Crippen LogP) is 2.00. The zero-order chi connectivity index (χ0) is 16.1. The van der Waals surface area contributed by atoms with Gasteiger partial charge in [0.25, 0.3) is 5.56 Å². The summed E-state index contributed by atoms with van der Waals surface area (Å²) in [5, 5.41) is 0. The van der Waals surface area contributed by atoms with Crippen molar-refractivity contribution < 1.29 is 4.74 Å². The van der Waals surface area contributed by atoms with Crippen molar-refractivity contribution in [2.24, 2.45) is 0 Å². The van der Waals surface area contributed by atoms with Crippen LogP contribution in [0.5, 0.6) is 5.75 Å².